The Morgan fingerprint density at radius 3 is 2.18 bits per heavy atom. The van der Waals surface area contributed by atoms with Crippen LogP contribution < -0.4 is 0 Å². The number of ether oxygens (including phenoxy) is 1. The molecule has 0 heterocycles. The number of hydrogen-bond donors (Lipinski definition) is 1. The van der Waals surface area contributed by atoms with E-state index in [2.05, 4.69) is 13.8 Å². The fraction of sp³-hybridized carbons (Fsp3) is 0.970. The Labute approximate surface area is 260 Å². The molecule has 4 rings (SSSR count). The van der Waals surface area contributed by atoms with Crippen molar-refractivity contribution in [3.63, 3.8) is 0 Å². The maximum absolute atomic E-state index is 13.0. The van der Waals surface area contributed by atoms with Crippen LogP contribution in [0.5, 0.6) is 0 Å². The molecule has 44 heavy (non-hydrogen) atoms. The zero-order valence-electron chi connectivity index (χ0n) is 26.5. The van der Waals surface area contributed by atoms with Gasteiger partial charge in [0, 0.05) is 25.9 Å². The van der Waals surface area contributed by atoms with Gasteiger partial charge in [0.25, 0.3) is 0 Å². The first kappa shape index (κ1) is 36.0. The Hall–Kier alpha value is -0.810. The molecule has 0 bridgehead atoms. The number of hydrogen-bond acceptors (Lipinski definition) is 5. The van der Waals surface area contributed by atoms with E-state index in [1.165, 1.54) is 0 Å². The SMILES string of the molecule is C[C@]12CCC(=O)C[C@@H]1CC[C@@H]1[C@@H]2[C@@H](OCCCCCCCCCS(=O)(=O)CCCC(F)(F)C(F)(F)F)C[C@]2(C)[C@@H](O)CC[C@@H]12. The van der Waals surface area contributed by atoms with Crippen LogP contribution in [0.3, 0.4) is 0 Å². The van der Waals surface area contributed by atoms with Gasteiger partial charge in [0.1, 0.15) is 15.6 Å². The third-order valence-corrected chi connectivity index (χ3v) is 14.0. The predicted molar refractivity (Wildman–Crippen MR) is 159 cm³/mol. The molecule has 0 amide bonds. The van der Waals surface area contributed by atoms with Crippen LogP contribution in [0.4, 0.5) is 22.0 Å². The number of aliphatic hydroxyl groups is 1. The van der Waals surface area contributed by atoms with Crippen molar-refractivity contribution < 1.29 is 45.0 Å². The first-order valence-corrected chi connectivity index (χ1v) is 18.8. The van der Waals surface area contributed by atoms with E-state index in [0.29, 0.717) is 61.7 Å². The van der Waals surface area contributed by atoms with Gasteiger partial charge in [-0.2, -0.15) is 22.0 Å². The fourth-order valence-corrected chi connectivity index (χ4v) is 11.0. The lowest BCUT2D eigenvalue weighted by Crippen LogP contribution is -2.60. The zero-order valence-corrected chi connectivity index (χ0v) is 27.3. The number of aliphatic hydroxyl groups excluding tert-OH is 1. The molecule has 11 heteroatoms. The number of unbranched alkanes of at least 4 members (excludes halogenated alkanes) is 6. The molecule has 0 unspecified atom stereocenters. The van der Waals surface area contributed by atoms with Gasteiger partial charge in [-0.15, -0.1) is 0 Å². The van der Waals surface area contributed by atoms with E-state index in [0.717, 1.165) is 70.6 Å². The predicted octanol–water partition coefficient (Wildman–Crippen LogP) is 8.08. The first-order chi connectivity index (χ1) is 20.5. The summed E-state index contributed by atoms with van der Waals surface area (Å²) < 4.78 is 93.5. The Kier molecular flexibility index (Phi) is 11.6. The number of halogens is 5. The largest absolute Gasteiger partial charge is 0.453 e. The minimum atomic E-state index is -5.65. The van der Waals surface area contributed by atoms with Crippen molar-refractivity contribution in [2.45, 2.75) is 147 Å². The highest BCUT2D eigenvalue weighted by atomic mass is 32.2. The standard InChI is InChI=1S/C33H53F5O5S/c1-30-17-15-24(39)21-23(30)11-12-25-26-13-14-28(40)31(26,2)22-27(29(25)30)43-18-8-6-4-3-5-7-9-19-44(41,42)20-10-16-32(34,35)33(36,37)38/h23,25-29,40H,3-22H2,1-2H3/t23-,25-,26-,27-,28-,29+,30-,31-/m0/s1. The quantitative estimate of drug-likeness (QED) is 0.142. The lowest BCUT2D eigenvalue weighted by molar-refractivity contribution is -0.284. The number of alkyl halides is 5. The lowest BCUT2D eigenvalue weighted by Gasteiger charge is -2.62. The van der Waals surface area contributed by atoms with Crippen LogP contribution in [0.1, 0.15) is 123 Å². The van der Waals surface area contributed by atoms with E-state index in [1.54, 1.807) is 0 Å². The molecule has 4 fully saturated rings. The molecule has 5 nitrogen and oxygen atoms in total. The number of carbonyl (C=O) groups excluding carboxylic acids is 1. The maximum Gasteiger partial charge on any atom is 0.453 e. The van der Waals surface area contributed by atoms with Crippen molar-refractivity contribution in [3.8, 4) is 0 Å². The number of rotatable bonds is 15. The zero-order chi connectivity index (χ0) is 32.4. The molecule has 0 aromatic rings. The second kappa shape index (κ2) is 14.1. The molecule has 4 saturated carbocycles. The normalized spacial score (nSPS) is 36.1. The van der Waals surface area contributed by atoms with Gasteiger partial charge >= 0.3 is 12.1 Å². The third-order valence-electron chi connectivity index (χ3n) is 12.1. The van der Waals surface area contributed by atoms with Gasteiger partial charge in [0.15, 0.2) is 0 Å². The summed E-state index contributed by atoms with van der Waals surface area (Å²) in [5.41, 5.74) is -0.000856. The molecule has 0 aromatic heterocycles. The Morgan fingerprint density at radius 1 is 0.864 bits per heavy atom. The van der Waals surface area contributed by atoms with E-state index in [1.807, 2.05) is 0 Å². The molecule has 0 saturated heterocycles. The summed E-state index contributed by atoms with van der Waals surface area (Å²) in [5.74, 6) is -3.39. The van der Waals surface area contributed by atoms with Gasteiger partial charge in [-0.05, 0) is 92.3 Å². The lowest BCUT2D eigenvalue weighted by atomic mass is 9.44. The molecule has 0 aliphatic heterocycles. The van der Waals surface area contributed by atoms with Crippen LogP contribution in [0.25, 0.3) is 0 Å². The molecule has 0 aromatic carbocycles. The van der Waals surface area contributed by atoms with E-state index in [-0.39, 0.29) is 28.8 Å². The van der Waals surface area contributed by atoms with Crippen molar-refractivity contribution in [2.24, 2.45) is 34.5 Å². The van der Waals surface area contributed by atoms with E-state index in [4.69, 9.17) is 4.74 Å². The van der Waals surface area contributed by atoms with Crippen LogP contribution in [-0.2, 0) is 19.4 Å². The average Bonchev–Trinajstić information content (AvgIpc) is 3.22. The van der Waals surface area contributed by atoms with Gasteiger partial charge in [-0.25, -0.2) is 8.42 Å². The van der Waals surface area contributed by atoms with E-state index in [9.17, 15) is 40.3 Å². The highest BCUT2D eigenvalue weighted by Crippen LogP contribution is 2.66. The van der Waals surface area contributed by atoms with Gasteiger partial charge < -0.3 is 9.84 Å². The number of carbonyl (C=O) groups is 1. The van der Waals surface area contributed by atoms with Crippen molar-refractivity contribution in [1.82, 2.24) is 0 Å². The molecule has 0 spiro atoms. The highest BCUT2D eigenvalue weighted by Gasteiger charge is 2.63. The number of ketones is 1. The molecule has 256 valence electrons. The Bertz CT molecular complexity index is 1080. The molecular formula is C33H53F5O5S. The van der Waals surface area contributed by atoms with Gasteiger partial charge in [0.2, 0.25) is 0 Å². The second-order valence-electron chi connectivity index (χ2n) is 15.0. The minimum absolute atomic E-state index is 0.0941. The molecule has 4 aliphatic rings. The van der Waals surface area contributed by atoms with Gasteiger partial charge in [0.05, 0.1) is 23.7 Å². The van der Waals surface area contributed by atoms with Crippen LogP contribution in [0.2, 0.25) is 0 Å². The smallest absolute Gasteiger partial charge is 0.393 e. The van der Waals surface area contributed by atoms with E-state index < -0.39 is 40.5 Å². The van der Waals surface area contributed by atoms with E-state index >= 15 is 0 Å². The Morgan fingerprint density at radius 2 is 1.50 bits per heavy atom. The van der Waals surface area contributed by atoms with Crippen LogP contribution >= 0.6 is 0 Å². The summed E-state index contributed by atoms with van der Waals surface area (Å²) in [4.78, 5) is 12.3. The second-order valence-corrected chi connectivity index (χ2v) is 17.3. The molecule has 4 aliphatic carbocycles. The summed E-state index contributed by atoms with van der Waals surface area (Å²) in [6, 6.07) is 0. The van der Waals surface area contributed by atoms with Crippen molar-refractivity contribution in [1.29, 1.82) is 0 Å². The summed E-state index contributed by atoms with van der Waals surface area (Å²) in [5, 5.41) is 11.0. The monoisotopic (exact) mass is 656 g/mol. The number of Topliss-reactive ketones (excluding diaryl/α,β-unsaturated/α-hetero) is 1. The fourth-order valence-electron chi connectivity index (χ4n) is 9.57. The van der Waals surface area contributed by atoms with Crippen molar-refractivity contribution in [2.75, 3.05) is 18.1 Å². The Balaban J connectivity index is 1.15. The van der Waals surface area contributed by atoms with Crippen LogP contribution in [0, 0.1) is 34.5 Å². The highest BCUT2D eigenvalue weighted by molar-refractivity contribution is 7.91. The summed E-state index contributed by atoms with van der Waals surface area (Å²) in [6.45, 7) is 5.33. The maximum atomic E-state index is 13.0. The average molecular weight is 657 g/mol. The third kappa shape index (κ3) is 8.00. The number of sulfone groups is 1. The molecule has 8 atom stereocenters. The summed E-state index contributed by atoms with van der Waals surface area (Å²) in [6.07, 6.45) is 5.02. The van der Waals surface area contributed by atoms with Gasteiger partial charge in [-0.1, -0.05) is 46.0 Å². The molecule has 0 radical (unpaired) electrons. The number of fused-ring (bicyclic) bond motifs is 5. The van der Waals surface area contributed by atoms with Crippen molar-refractivity contribution in [3.05, 3.63) is 0 Å². The van der Waals surface area contributed by atoms with Gasteiger partial charge in [-0.3, -0.25) is 4.79 Å². The minimum Gasteiger partial charge on any atom is -0.393 e. The summed E-state index contributed by atoms with van der Waals surface area (Å²) >= 11 is 0. The molecule has 1 N–H and O–H groups in total. The molecular weight excluding hydrogens is 603 g/mol. The van der Waals surface area contributed by atoms with Crippen LogP contribution in [-0.4, -0.2) is 61.7 Å². The summed E-state index contributed by atoms with van der Waals surface area (Å²) in [7, 11) is -3.65. The topological polar surface area (TPSA) is 80.7 Å². The van der Waals surface area contributed by atoms with Crippen molar-refractivity contribution >= 4 is 15.6 Å². The first-order valence-electron chi connectivity index (χ1n) is 17.0. The van der Waals surface area contributed by atoms with Crippen LogP contribution in [0.15, 0.2) is 0 Å².